The van der Waals surface area contributed by atoms with Crippen molar-refractivity contribution in [3.63, 3.8) is 0 Å². The number of likely N-dealkylation sites (tertiary alicyclic amines) is 1. The van der Waals surface area contributed by atoms with Crippen molar-refractivity contribution in [1.82, 2.24) is 10.1 Å². The first-order valence-corrected chi connectivity index (χ1v) is 8.59. The van der Waals surface area contributed by atoms with Crippen LogP contribution < -0.4 is 5.32 Å². The number of piperidine rings is 1. The molecule has 0 aliphatic carbocycles. The topological polar surface area (TPSA) is 58.4 Å². The third-order valence-corrected chi connectivity index (χ3v) is 4.55. The van der Waals surface area contributed by atoms with Crippen LogP contribution >= 0.6 is 0 Å². The van der Waals surface area contributed by atoms with Crippen LogP contribution in [0.3, 0.4) is 0 Å². The zero-order valence-electron chi connectivity index (χ0n) is 14.6. The summed E-state index contributed by atoms with van der Waals surface area (Å²) in [7, 11) is 0. The van der Waals surface area contributed by atoms with Gasteiger partial charge in [0.25, 0.3) is 5.91 Å². The van der Waals surface area contributed by atoms with E-state index in [1.54, 1.807) is 0 Å². The average Bonchev–Trinajstić information content (AvgIpc) is 2.98. The van der Waals surface area contributed by atoms with Crippen LogP contribution in [0.1, 0.15) is 47.1 Å². The molecule has 24 heavy (non-hydrogen) atoms. The molecule has 1 aromatic carbocycles. The molecule has 3 rings (SSSR count). The number of aromatic nitrogens is 1. The number of nitrogens with one attached hydrogen (secondary N) is 1. The Morgan fingerprint density at radius 3 is 2.88 bits per heavy atom. The molecular weight excluding hydrogens is 302 g/mol. The number of hydrogen-bond acceptors (Lipinski definition) is 4. The molecule has 0 bridgehead atoms. The number of aryl methyl sites for hydroxylation is 2. The van der Waals surface area contributed by atoms with Gasteiger partial charge in [-0.25, -0.2) is 0 Å². The van der Waals surface area contributed by atoms with Crippen molar-refractivity contribution in [3.05, 3.63) is 46.8 Å². The first-order valence-electron chi connectivity index (χ1n) is 8.59. The fourth-order valence-electron chi connectivity index (χ4n) is 3.24. The van der Waals surface area contributed by atoms with Crippen molar-refractivity contribution < 1.29 is 9.32 Å². The molecule has 1 atom stereocenters. The van der Waals surface area contributed by atoms with E-state index in [9.17, 15) is 4.79 Å². The molecule has 1 saturated heterocycles. The van der Waals surface area contributed by atoms with Crippen LogP contribution in [0.5, 0.6) is 0 Å². The maximum Gasteiger partial charge on any atom is 0.253 e. The van der Waals surface area contributed by atoms with Crippen LogP contribution in [0.4, 0.5) is 5.69 Å². The first-order chi connectivity index (χ1) is 11.5. The molecule has 1 amide bonds. The number of anilines is 1. The van der Waals surface area contributed by atoms with E-state index in [1.165, 1.54) is 6.42 Å². The van der Waals surface area contributed by atoms with Crippen LogP contribution in [0, 0.1) is 19.8 Å². The van der Waals surface area contributed by atoms with Crippen molar-refractivity contribution in [1.29, 1.82) is 0 Å². The molecule has 2 heterocycles. The Labute approximate surface area is 143 Å². The fourth-order valence-corrected chi connectivity index (χ4v) is 3.24. The third kappa shape index (κ3) is 3.78. The number of benzene rings is 1. The predicted octanol–water partition coefficient (Wildman–Crippen LogP) is 3.78. The molecule has 1 N–H and O–H groups in total. The summed E-state index contributed by atoms with van der Waals surface area (Å²) in [6.07, 6.45) is 2.32. The van der Waals surface area contributed by atoms with Gasteiger partial charge in [-0.2, -0.15) is 0 Å². The van der Waals surface area contributed by atoms with E-state index in [0.717, 1.165) is 47.8 Å². The Hall–Kier alpha value is -2.30. The normalized spacial score (nSPS) is 17.8. The summed E-state index contributed by atoms with van der Waals surface area (Å²) in [5, 5.41) is 7.32. The van der Waals surface area contributed by atoms with E-state index < -0.39 is 0 Å². The summed E-state index contributed by atoms with van der Waals surface area (Å²) in [6, 6.07) is 7.77. The maximum absolute atomic E-state index is 12.7. The van der Waals surface area contributed by atoms with Gasteiger partial charge in [-0.1, -0.05) is 12.1 Å². The highest BCUT2D eigenvalue weighted by Crippen LogP contribution is 2.21. The number of carbonyl (C=O) groups excluding carboxylic acids is 1. The van der Waals surface area contributed by atoms with Gasteiger partial charge < -0.3 is 14.7 Å². The van der Waals surface area contributed by atoms with E-state index in [0.29, 0.717) is 12.5 Å². The van der Waals surface area contributed by atoms with Crippen molar-refractivity contribution in [2.75, 3.05) is 18.4 Å². The van der Waals surface area contributed by atoms with Gasteiger partial charge in [-0.15, -0.1) is 0 Å². The molecule has 0 unspecified atom stereocenters. The number of carbonyl (C=O) groups is 1. The quantitative estimate of drug-likeness (QED) is 0.928. The minimum atomic E-state index is 0.142. The summed E-state index contributed by atoms with van der Waals surface area (Å²) in [5.41, 5.74) is 3.71. The highest BCUT2D eigenvalue weighted by Gasteiger charge is 2.22. The maximum atomic E-state index is 12.7. The summed E-state index contributed by atoms with van der Waals surface area (Å²) in [6.45, 7) is 8.45. The molecule has 1 aromatic heterocycles. The Kier molecular flexibility index (Phi) is 4.88. The zero-order chi connectivity index (χ0) is 17.1. The van der Waals surface area contributed by atoms with Gasteiger partial charge in [0, 0.05) is 30.4 Å². The van der Waals surface area contributed by atoms with Gasteiger partial charge in [0.2, 0.25) is 0 Å². The lowest BCUT2D eigenvalue weighted by atomic mass is 9.99. The molecule has 1 fully saturated rings. The van der Waals surface area contributed by atoms with E-state index >= 15 is 0 Å². The van der Waals surface area contributed by atoms with E-state index in [2.05, 4.69) is 17.4 Å². The predicted molar refractivity (Wildman–Crippen MR) is 94.0 cm³/mol. The van der Waals surface area contributed by atoms with E-state index in [1.807, 2.05) is 43.0 Å². The lowest BCUT2D eigenvalue weighted by Crippen LogP contribution is -2.39. The molecular formula is C19H25N3O2. The van der Waals surface area contributed by atoms with Gasteiger partial charge >= 0.3 is 0 Å². The van der Waals surface area contributed by atoms with Crippen molar-refractivity contribution in [2.24, 2.45) is 5.92 Å². The zero-order valence-corrected chi connectivity index (χ0v) is 14.6. The molecule has 128 valence electrons. The summed E-state index contributed by atoms with van der Waals surface area (Å²) in [4.78, 5) is 14.7. The van der Waals surface area contributed by atoms with Crippen LogP contribution in [-0.2, 0) is 6.54 Å². The second-order valence-electron chi connectivity index (χ2n) is 6.81. The lowest BCUT2D eigenvalue weighted by molar-refractivity contribution is 0.0683. The van der Waals surface area contributed by atoms with Crippen molar-refractivity contribution >= 4 is 11.6 Å². The van der Waals surface area contributed by atoms with Crippen molar-refractivity contribution in [3.8, 4) is 0 Å². The summed E-state index contributed by atoms with van der Waals surface area (Å²) >= 11 is 0. The van der Waals surface area contributed by atoms with Crippen LogP contribution in [0.2, 0.25) is 0 Å². The largest absolute Gasteiger partial charge is 0.379 e. The van der Waals surface area contributed by atoms with Crippen LogP contribution in [0.15, 0.2) is 28.8 Å². The monoisotopic (exact) mass is 327 g/mol. The molecule has 5 nitrogen and oxygen atoms in total. The smallest absolute Gasteiger partial charge is 0.253 e. The molecule has 1 aliphatic rings. The number of hydrogen-bond donors (Lipinski definition) is 1. The second-order valence-corrected chi connectivity index (χ2v) is 6.81. The Morgan fingerprint density at radius 2 is 2.21 bits per heavy atom. The number of nitrogens with zero attached hydrogens (tertiary/aromatic N) is 2. The fraction of sp³-hybridized carbons (Fsp3) is 0.474. The Morgan fingerprint density at radius 1 is 1.38 bits per heavy atom. The molecule has 0 spiro atoms. The number of amides is 1. The van der Waals surface area contributed by atoms with E-state index in [-0.39, 0.29) is 5.91 Å². The lowest BCUT2D eigenvalue weighted by Gasteiger charge is -2.31. The Bertz CT molecular complexity index is 723. The summed E-state index contributed by atoms with van der Waals surface area (Å²) < 4.78 is 5.07. The third-order valence-electron chi connectivity index (χ3n) is 4.55. The molecule has 1 aliphatic heterocycles. The highest BCUT2D eigenvalue weighted by atomic mass is 16.5. The molecule has 0 saturated carbocycles. The summed E-state index contributed by atoms with van der Waals surface area (Å²) in [5.74, 6) is 1.54. The first kappa shape index (κ1) is 16.6. The van der Waals surface area contributed by atoms with Crippen LogP contribution in [-0.4, -0.2) is 29.1 Å². The Balaban J connectivity index is 1.66. The second kappa shape index (κ2) is 7.07. The van der Waals surface area contributed by atoms with Gasteiger partial charge in [0.1, 0.15) is 11.5 Å². The van der Waals surface area contributed by atoms with E-state index in [4.69, 9.17) is 4.52 Å². The molecule has 0 radical (unpaired) electrons. The minimum Gasteiger partial charge on any atom is -0.379 e. The standard InChI is InChI=1S/C19H25N3O2/c1-13-5-4-8-22(12-13)19(23)16-6-7-18(14(2)9-16)20-11-17-10-15(3)24-21-17/h6-7,9-10,13,20H,4-5,8,11-12H2,1-3H3/t13-/m1/s1. The highest BCUT2D eigenvalue weighted by molar-refractivity contribution is 5.95. The van der Waals surface area contributed by atoms with Gasteiger partial charge in [-0.05, 0) is 56.4 Å². The van der Waals surface area contributed by atoms with Gasteiger partial charge in [-0.3, -0.25) is 4.79 Å². The van der Waals surface area contributed by atoms with Crippen molar-refractivity contribution in [2.45, 2.75) is 40.2 Å². The minimum absolute atomic E-state index is 0.142. The average molecular weight is 327 g/mol. The van der Waals surface area contributed by atoms with Crippen LogP contribution in [0.25, 0.3) is 0 Å². The number of rotatable bonds is 4. The molecule has 5 heteroatoms. The van der Waals surface area contributed by atoms with Gasteiger partial charge in [0.15, 0.2) is 0 Å². The van der Waals surface area contributed by atoms with Gasteiger partial charge in [0.05, 0.1) is 6.54 Å². The molecule has 2 aromatic rings. The SMILES string of the molecule is Cc1cc(CNc2ccc(C(=O)N3CCC[C@@H](C)C3)cc2C)no1.